The molecule has 0 unspecified atom stereocenters. The smallest absolute Gasteiger partial charge is 0.287 e. The minimum Gasteiger partial charge on any atom is -0.287 e. The largest absolute Gasteiger partial charge is 0.313 e. The Morgan fingerprint density at radius 2 is 1.93 bits per heavy atom. The first-order valence-corrected chi connectivity index (χ1v) is 4.16. The van der Waals surface area contributed by atoms with E-state index in [0.29, 0.717) is 0 Å². The molecule has 0 aliphatic rings. The molecule has 0 radical (unpaired) electrons. The van der Waals surface area contributed by atoms with Crippen LogP contribution in [0.4, 0.5) is 8.78 Å². The third-order valence-corrected chi connectivity index (χ3v) is 1.77. The summed E-state index contributed by atoms with van der Waals surface area (Å²) in [6.07, 6.45) is 0.418. The number of halogens is 2. The molecule has 0 atom stereocenters. The second-order valence-corrected chi connectivity index (χ2v) is 2.89. The predicted molar refractivity (Wildman–Crippen MR) is 50.5 cm³/mol. The number of benzene rings is 1. The van der Waals surface area contributed by atoms with Crippen LogP contribution in [-0.2, 0) is 0 Å². The minimum atomic E-state index is -3.34. The average molecular weight is 196 g/mol. The maximum atomic E-state index is 13.1. The van der Waals surface area contributed by atoms with Gasteiger partial charge in [-0.1, -0.05) is 36.4 Å². The molecule has 0 N–H and O–H groups in total. The number of allylic oxidation sites excluding steroid dienone is 1. The van der Waals surface area contributed by atoms with Crippen molar-refractivity contribution in [3.63, 3.8) is 0 Å². The minimum absolute atomic E-state index is 0.0272. The Labute approximate surface area is 81.1 Å². The lowest BCUT2D eigenvalue weighted by Crippen LogP contribution is -2.27. The van der Waals surface area contributed by atoms with E-state index < -0.39 is 18.1 Å². The second kappa shape index (κ2) is 4.13. The predicted octanol–water partition coefficient (Wildman–Crippen LogP) is 3.08. The van der Waals surface area contributed by atoms with Gasteiger partial charge in [-0.15, -0.1) is 6.58 Å². The molecule has 0 spiro atoms. The SMILES string of the molecule is C=CCC(F)(F)C(=O)c1ccccc1. The molecule has 14 heavy (non-hydrogen) atoms. The van der Waals surface area contributed by atoms with Gasteiger partial charge >= 0.3 is 5.92 Å². The standard InChI is InChI=1S/C11H10F2O/c1-2-8-11(12,13)10(14)9-6-4-3-5-7-9/h2-7H,1,8H2. The van der Waals surface area contributed by atoms with Crippen LogP contribution < -0.4 is 0 Å². The van der Waals surface area contributed by atoms with Crippen molar-refractivity contribution in [1.82, 2.24) is 0 Å². The van der Waals surface area contributed by atoms with Crippen molar-refractivity contribution in [2.45, 2.75) is 12.3 Å². The maximum Gasteiger partial charge on any atom is 0.313 e. The summed E-state index contributed by atoms with van der Waals surface area (Å²) in [5.41, 5.74) is 0.0272. The second-order valence-electron chi connectivity index (χ2n) is 2.89. The Hall–Kier alpha value is -1.51. The Morgan fingerprint density at radius 1 is 1.36 bits per heavy atom. The van der Waals surface area contributed by atoms with E-state index in [9.17, 15) is 13.6 Å². The lowest BCUT2D eigenvalue weighted by molar-refractivity contribution is 0.0123. The van der Waals surface area contributed by atoms with Gasteiger partial charge in [0.2, 0.25) is 5.78 Å². The molecule has 1 aromatic rings. The zero-order chi connectivity index (χ0) is 10.6. The lowest BCUT2D eigenvalue weighted by Gasteiger charge is -2.12. The van der Waals surface area contributed by atoms with Gasteiger partial charge in [-0.25, -0.2) is 0 Å². The molecule has 0 saturated carbocycles. The molecule has 74 valence electrons. The number of ketones is 1. The van der Waals surface area contributed by atoms with Crippen molar-refractivity contribution in [3.05, 3.63) is 48.6 Å². The number of alkyl halides is 2. The van der Waals surface area contributed by atoms with Gasteiger partial charge in [0.1, 0.15) is 0 Å². The normalized spacial score (nSPS) is 11.0. The first-order chi connectivity index (χ1) is 6.58. The zero-order valence-electron chi connectivity index (χ0n) is 7.54. The van der Waals surface area contributed by atoms with Crippen LogP contribution in [0.15, 0.2) is 43.0 Å². The molecule has 0 aliphatic carbocycles. The first-order valence-electron chi connectivity index (χ1n) is 4.16. The number of rotatable bonds is 4. The number of hydrogen-bond acceptors (Lipinski definition) is 1. The van der Waals surface area contributed by atoms with Crippen LogP contribution in [-0.4, -0.2) is 11.7 Å². The highest BCUT2D eigenvalue weighted by molar-refractivity contribution is 6.01. The highest BCUT2D eigenvalue weighted by Crippen LogP contribution is 2.24. The molecule has 0 fully saturated rings. The van der Waals surface area contributed by atoms with E-state index in [1.165, 1.54) is 12.1 Å². The van der Waals surface area contributed by atoms with Crippen LogP contribution in [0.2, 0.25) is 0 Å². The monoisotopic (exact) mass is 196 g/mol. The highest BCUT2D eigenvalue weighted by Gasteiger charge is 2.37. The van der Waals surface area contributed by atoms with Crippen molar-refractivity contribution in [1.29, 1.82) is 0 Å². The molecule has 3 heteroatoms. The molecule has 0 heterocycles. The van der Waals surface area contributed by atoms with E-state index in [1.807, 2.05) is 0 Å². The van der Waals surface area contributed by atoms with Crippen molar-refractivity contribution in [2.75, 3.05) is 0 Å². The van der Waals surface area contributed by atoms with Crippen molar-refractivity contribution < 1.29 is 13.6 Å². The van der Waals surface area contributed by atoms with Gasteiger partial charge in [0.15, 0.2) is 0 Å². The summed E-state index contributed by atoms with van der Waals surface area (Å²) >= 11 is 0. The Kier molecular flexibility index (Phi) is 3.12. The maximum absolute atomic E-state index is 13.1. The van der Waals surface area contributed by atoms with Gasteiger partial charge in [-0.3, -0.25) is 4.79 Å². The summed E-state index contributed by atoms with van der Waals surface area (Å²) < 4.78 is 26.2. The van der Waals surface area contributed by atoms with Crippen LogP contribution in [0, 0.1) is 0 Å². The van der Waals surface area contributed by atoms with E-state index >= 15 is 0 Å². The van der Waals surface area contributed by atoms with Gasteiger partial charge in [0.05, 0.1) is 0 Å². The summed E-state index contributed by atoms with van der Waals surface area (Å²) in [5, 5.41) is 0. The molecule has 0 bridgehead atoms. The Balaban J connectivity index is 2.90. The van der Waals surface area contributed by atoms with Gasteiger partial charge in [0.25, 0.3) is 0 Å². The van der Waals surface area contributed by atoms with Gasteiger partial charge < -0.3 is 0 Å². The molecule has 0 saturated heterocycles. The van der Waals surface area contributed by atoms with E-state index in [0.717, 1.165) is 6.08 Å². The summed E-state index contributed by atoms with van der Waals surface area (Å²) in [6, 6.07) is 7.52. The van der Waals surface area contributed by atoms with Crippen molar-refractivity contribution >= 4 is 5.78 Å². The summed E-state index contributed by atoms with van der Waals surface area (Å²) in [7, 11) is 0. The molecule has 1 rings (SSSR count). The topological polar surface area (TPSA) is 17.1 Å². The van der Waals surface area contributed by atoms with E-state index in [2.05, 4.69) is 6.58 Å². The Morgan fingerprint density at radius 3 is 2.43 bits per heavy atom. The summed E-state index contributed by atoms with van der Waals surface area (Å²) in [6.45, 7) is 3.19. The molecule has 0 aromatic heterocycles. The van der Waals surface area contributed by atoms with Crippen LogP contribution in [0.25, 0.3) is 0 Å². The first kappa shape index (κ1) is 10.6. The zero-order valence-corrected chi connectivity index (χ0v) is 7.54. The van der Waals surface area contributed by atoms with Crippen LogP contribution in [0.5, 0.6) is 0 Å². The number of Topliss-reactive ketones (excluding diaryl/α,β-unsaturated/α-hetero) is 1. The molecule has 0 amide bonds. The molecular formula is C11H10F2O. The fraction of sp³-hybridized carbons (Fsp3) is 0.182. The average Bonchev–Trinajstić information content (AvgIpc) is 2.18. The van der Waals surface area contributed by atoms with Crippen LogP contribution in [0.1, 0.15) is 16.8 Å². The van der Waals surface area contributed by atoms with Gasteiger partial charge in [-0.05, 0) is 0 Å². The summed E-state index contributed by atoms with van der Waals surface area (Å²) in [5.74, 6) is -4.50. The van der Waals surface area contributed by atoms with Gasteiger partial charge in [-0.2, -0.15) is 8.78 Å². The number of hydrogen-bond donors (Lipinski definition) is 0. The molecule has 0 aliphatic heterocycles. The molecule has 1 nitrogen and oxygen atoms in total. The third kappa shape index (κ3) is 2.25. The molecule has 1 aromatic carbocycles. The Bertz CT molecular complexity index is 330. The van der Waals surface area contributed by atoms with Crippen LogP contribution in [0.3, 0.4) is 0 Å². The van der Waals surface area contributed by atoms with Gasteiger partial charge in [0, 0.05) is 12.0 Å². The van der Waals surface area contributed by atoms with Crippen molar-refractivity contribution in [3.8, 4) is 0 Å². The van der Waals surface area contributed by atoms with Crippen molar-refractivity contribution in [2.24, 2.45) is 0 Å². The molecular weight excluding hydrogens is 186 g/mol. The fourth-order valence-corrected chi connectivity index (χ4v) is 1.07. The number of carbonyl (C=O) groups excluding carboxylic acids is 1. The fourth-order valence-electron chi connectivity index (χ4n) is 1.07. The number of carbonyl (C=O) groups is 1. The van der Waals surface area contributed by atoms with E-state index in [-0.39, 0.29) is 5.56 Å². The van der Waals surface area contributed by atoms with E-state index in [4.69, 9.17) is 0 Å². The van der Waals surface area contributed by atoms with Crippen LogP contribution >= 0.6 is 0 Å². The summed E-state index contributed by atoms with van der Waals surface area (Å²) in [4.78, 5) is 11.3. The lowest BCUT2D eigenvalue weighted by atomic mass is 10.0. The quantitative estimate of drug-likeness (QED) is 0.534. The third-order valence-electron chi connectivity index (χ3n) is 1.77. The van der Waals surface area contributed by atoms with E-state index in [1.54, 1.807) is 18.2 Å². The highest BCUT2D eigenvalue weighted by atomic mass is 19.3.